The van der Waals surface area contributed by atoms with Gasteiger partial charge in [-0.25, -0.2) is 26.8 Å². The van der Waals surface area contributed by atoms with Crippen LogP contribution in [-0.4, -0.2) is 63.7 Å². The van der Waals surface area contributed by atoms with Crippen molar-refractivity contribution >= 4 is 60.0 Å². The number of hydrogen-bond acceptors (Lipinski definition) is 9. The molecular formula is C22H28N4O5S3. The van der Waals surface area contributed by atoms with E-state index in [-0.39, 0.29) is 29.6 Å². The number of anilines is 3. The summed E-state index contributed by atoms with van der Waals surface area (Å²) >= 11 is 1.58. The smallest absolute Gasteiger partial charge is 0.234 e. The summed E-state index contributed by atoms with van der Waals surface area (Å²) in [4.78, 5) is 9.09. The largest absolute Gasteiger partial charge is 0.497 e. The van der Waals surface area contributed by atoms with Crippen LogP contribution in [0.1, 0.15) is 12.0 Å². The summed E-state index contributed by atoms with van der Waals surface area (Å²) < 4.78 is 56.7. The van der Waals surface area contributed by atoms with Crippen LogP contribution in [0.15, 0.2) is 42.5 Å². The first-order valence-corrected chi connectivity index (χ1v) is 15.6. The van der Waals surface area contributed by atoms with E-state index in [0.717, 1.165) is 11.3 Å². The van der Waals surface area contributed by atoms with Crippen LogP contribution in [-0.2, 0) is 26.3 Å². The van der Waals surface area contributed by atoms with Gasteiger partial charge in [0.1, 0.15) is 15.6 Å². The first kappa shape index (κ1) is 26.0. The van der Waals surface area contributed by atoms with Gasteiger partial charge in [-0.05, 0) is 48.6 Å². The van der Waals surface area contributed by atoms with Crippen molar-refractivity contribution < 1.29 is 21.6 Å². The second-order valence-electron chi connectivity index (χ2n) is 7.70. The summed E-state index contributed by atoms with van der Waals surface area (Å²) in [6, 6.07) is 12.4. The molecule has 0 saturated heterocycles. The predicted molar refractivity (Wildman–Crippen MR) is 140 cm³/mol. The average Bonchev–Trinajstić information content (AvgIpc) is 2.77. The zero-order valence-corrected chi connectivity index (χ0v) is 21.7. The summed E-state index contributed by atoms with van der Waals surface area (Å²) in [7, 11) is -5.31. The first-order valence-electron chi connectivity index (χ1n) is 10.5. The van der Waals surface area contributed by atoms with Gasteiger partial charge in [-0.2, -0.15) is 11.8 Å². The average molecular weight is 525 g/mol. The minimum Gasteiger partial charge on any atom is -0.497 e. The summed E-state index contributed by atoms with van der Waals surface area (Å²) in [6.45, 7) is 0. The van der Waals surface area contributed by atoms with E-state index < -0.39 is 19.9 Å². The molecular weight excluding hydrogens is 496 g/mol. The summed E-state index contributed by atoms with van der Waals surface area (Å²) in [5, 5.41) is 3.15. The fraction of sp³-hybridized carbons (Fsp3) is 0.364. The van der Waals surface area contributed by atoms with Gasteiger partial charge in [-0.3, -0.25) is 4.72 Å². The highest BCUT2D eigenvalue weighted by molar-refractivity contribution is 7.98. The van der Waals surface area contributed by atoms with E-state index in [0.29, 0.717) is 28.9 Å². The number of nitrogens with one attached hydrogen (secondary N) is 2. The van der Waals surface area contributed by atoms with E-state index in [1.165, 1.54) is 13.4 Å². The number of para-hydroxylation sites is 2. The monoisotopic (exact) mass is 524 g/mol. The number of thioether (sulfide) groups is 1. The van der Waals surface area contributed by atoms with Gasteiger partial charge in [-0.1, -0.05) is 18.2 Å². The standard InChI is InChI=1S/C22H28N4O5S3/c1-31-17-10-9-16(11-14-33(3,27)28)20(15-17)25-21-22(26-34(29,30)13-6-12-32-2)24-19-8-5-4-7-18(19)23-21/h4-5,7-10,15H,6,11-14H2,1-3H3,(H,23,25)(H,24,26). The van der Waals surface area contributed by atoms with Crippen LogP contribution in [0.5, 0.6) is 5.75 Å². The number of fused-ring (bicyclic) bond motifs is 1. The SMILES string of the molecule is COc1ccc(CCS(C)(=O)=O)c(Nc2nc3ccccc3nc2NS(=O)(=O)CCCSC)c1. The van der Waals surface area contributed by atoms with Crippen LogP contribution < -0.4 is 14.8 Å². The summed E-state index contributed by atoms with van der Waals surface area (Å²) in [5.74, 6) is 1.48. The minimum atomic E-state index is -3.65. The molecule has 1 heterocycles. The molecule has 0 radical (unpaired) electrons. The Hall–Kier alpha value is -2.57. The van der Waals surface area contributed by atoms with Crippen molar-refractivity contribution in [2.24, 2.45) is 0 Å². The lowest BCUT2D eigenvalue weighted by molar-refractivity contribution is 0.415. The zero-order valence-electron chi connectivity index (χ0n) is 19.2. The Morgan fingerprint density at radius 2 is 1.65 bits per heavy atom. The number of rotatable bonds is 12. The molecule has 0 saturated carbocycles. The van der Waals surface area contributed by atoms with Gasteiger partial charge in [0.25, 0.3) is 0 Å². The lowest BCUT2D eigenvalue weighted by Gasteiger charge is -2.16. The van der Waals surface area contributed by atoms with Crippen molar-refractivity contribution in [1.82, 2.24) is 9.97 Å². The normalized spacial score (nSPS) is 12.0. The number of benzene rings is 2. The predicted octanol–water partition coefficient (Wildman–Crippen LogP) is 3.46. The van der Waals surface area contributed by atoms with Crippen molar-refractivity contribution in [3.63, 3.8) is 0 Å². The number of hydrogen-bond donors (Lipinski definition) is 2. The molecule has 0 bridgehead atoms. The second-order valence-corrected chi connectivity index (χ2v) is 12.8. The van der Waals surface area contributed by atoms with Gasteiger partial charge in [0.2, 0.25) is 10.0 Å². The maximum atomic E-state index is 12.7. The highest BCUT2D eigenvalue weighted by Gasteiger charge is 2.18. The molecule has 9 nitrogen and oxygen atoms in total. The van der Waals surface area contributed by atoms with Crippen molar-refractivity contribution in [3.8, 4) is 5.75 Å². The lowest BCUT2D eigenvalue weighted by atomic mass is 10.1. The van der Waals surface area contributed by atoms with E-state index in [1.54, 1.807) is 48.2 Å². The van der Waals surface area contributed by atoms with Gasteiger partial charge < -0.3 is 10.1 Å². The molecule has 0 aliphatic heterocycles. The number of methoxy groups -OCH3 is 1. The number of nitrogens with zero attached hydrogens (tertiary/aromatic N) is 2. The summed E-state index contributed by atoms with van der Waals surface area (Å²) in [5.41, 5.74) is 2.39. The fourth-order valence-corrected chi connectivity index (χ4v) is 5.46. The molecule has 1 aromatic heterocycles. The third-order valence-corrected chi connectivity index (χ3v) is 7.87. The fourth-order valence-electron chi connectivity index (χ4n) is 3.19. The van der Waals surface area contributed by atoms with Crippen LogP contribution in [0.3, 0.4) is 0 Å². The van der Waals surface area contributed by atoms with Gasteiger partial charge in [0, 0.05) is 18.0 Å². The van der Waals surface area contributed by atoms with Crippen molar-refractivity contribution in [3.05, 3.63) is 48.0 Å². The molecule has 0 atom stereocenters. The molecule has 0 aliphatic carbocycles. The van der Waals surface area contributed by atoms with E-state index in [9.17, 15) is 16.8 Å². The van der Waals surface area contributed by atoms with E-state index in [4.69, 9.17) is 4.74 Å². The topological polar surface area (TPSA) is 127 Å². The number of sulfone groups is 1. The second kappa shape index (κ2) is 11.2. The Labute approximate surface area is 204 Å². The van der Waals surface area contributed by atoms with Gasteiger partial charge in [0.15, 0.2) is 11.6 Å². The Balaban J connectivity index is 2.02. The molecule has 3 aromatic rings. The number of sulfonamides is 1. The van der Waals surface area contributed by atoms with Crippen molar-refractivity contribution in [2.75, 3.05) is 46.9 Å². The first-order chi connectivity index (χ1) is 16.1. The molecule has 2 N–H and O–H groups in total. The van der Waals surface area contributed by atoms with Gasteiger partial charge in [-0.15, -0.1) is 0 Å². The Morgan fingerprint density at radius 3 is 2.26 bits per heavy atom. The Bertz CT molecular complexity index is 1360. The minimum absolute atomic E-state index is 0.0354. The number of aryl methyl sites for hydroxylation is 1. The molecule has 0 aliphatic rings. The van der Waals surface area contributed by atoms with E-state index >= 15 is 0 Å². The molecule has 0 spiro atoms. The molecule has 12 heteroatoms. The summed E-state index contributed by atoms with van der Waals surface area (Å²) in [6.07, 6.45) is 3.88. The maximum absolute atomic E-state index is 12.7. The quantitative estimate of drug-likeness (QED) is 0.342. The number of aromatic nitrogens is 2. The van der Waals surface area contributed by atoms with Crippen LogP contribution >= 0.6 is 11.8 Å². The Kier molecular flexibility index (Phi) is 8.61. The van der Waals surface area contributed by atoms with Crippen LogP contribution in [0.4, 0.5) is 17.3 Å². The molecule has 34 heavy (non-hydrogen) atoms. The van der Waals surface area contributed by atoms with Crippen LogP contribution in [0.25, 0.3) is 11.0 Å². The van der Waals surface area contributed by atoms with Gasteiger partial charge in [0.05, 0.1) is 29.6 Å². The molecule has 2 aromatic carbocycles. The molecule has 0 amide bonds. The van der Waals surface area contributed by atoms with Crippen molar-refractivity contribution in [2.45, 2.75) is 12.8 Å². The third-order valence-electron chi connectivity index (χ3n) is 4.90. The van der Waals surface area contributed by atoms with E-state index in [2.05, 4.69) is 20.0 Å². The molecule has 184 valence electrons. The lowest BCUT2D eigenvalue weighted by Crippen LogP contribution is -2.19. The zero-order chi connectivity index (χ0) is 24.8. The van der Waals surface area contributed by atoms with Crippen LogP contribution in [0.2, 0.25) is 0 Å². The van der Waals surface area contributed by atoms with Crippen molar-refractivity contribution in [1.29, 1.82) is 0 Å². The highest BCUT2D eigenvalue weighted by atomic mass is 32.2. The third kappa shape index (κ3) is 7.47. The number of ether oxygens (including phenoxy) is 1. The van der Waals surface area contributed by atoms with E-state index in [1.807, 2.05) is 12.3 Å². The van der Waals surface area contributed by atoms with Crippen LogP contribution in [0, 0.1) is 0 Å². The maximum Gasteiger partial charge on any atom is 0.234 e. The molecule has 3 rings (SSSR count). The highest BCUT2D eigenvalue weighted by Crippen LogP contribution is 2.30. The molecule has 0 fully saturated rings. The Morgan fingerprint density at radius 1 is 0.971 bits per heavy atom. The molecule has 0 unspecified atom stereocenters. The van der Waals surface area contributed by atoms with Gasteiger partial charge >= 0.3 is 0 Å².